The van der Waals surface area contributed by atoms with Gasteiger partial charge in [0.2, 0.25) is 0 Å². The van der Waals surface area contributed by atoms with E-state index in [0.717, 1.165) is 28.1 Å². The van der Waals surface area contributed by atoms with Crippen LogP contribution in [0.2, 0.25) is 19.6 Å². The van der Waals surface area contributed by atoms with E-state index >= 15 is 0 Å². The number of rotatable bonds is 4. The Morgan fingerprint density at radius 1 is 0.792 bits per heavy atom. The predicted molar refractivity (Wildman–Crippen MR) is 103 cm³/mol. The molecular formula is C20H23NO2Si. The van der Waals surface area contributed by atoms with Crippen molar-refractivity contribution in [1.29, 1.82) is 0 Å². The molecule has 1 aromatic heterocycles. The molecule has 124 valence electrons. The lowest BCUT2D eigenvalue weighted by molar-refractivity contribution is 0.415. The normalized spacial score (nSPS) is 11.5. The zero-order valence-electron chi connectivity index (χ0n) is 14.9. The van der Waals surface area contributed by atoms with Crippen molar-refractivity contribution in [2.45, 2.75) is 19.6 Å². The number of aromatic nitrogens is 1. The van der Waals surface area contributed by atoms with Crippen molar-refractivity contribution in [1.82, 2.24) is 4.98 Å². The molecule has 0 fully saturated rings. The van der Waals surface area contributed by atoms with Gasteiger partial charge in [-0.25, -0.2) is 0 Å². The third-order valence-corrected chi connectivity index (χ3v) is 5.96. The summed E-state index contributed by atoms with van der Waals surface area (Å²) >= 11 is 0. The maximum atomic E-state index is 5.40. The smallest absolute Gasteiger partial charge is 0.119 e. The molecule has 0 N–H and O–H groups in total. The van der Waals surface area contributed by atoms with E-state index in [0.29, 0.717) is 0 Å². The molecule has 1 heterocycles. The summed E-state index contributed by atoms with van der Waals surface area (Å²) in [7, 11) is 1.85. The topological polar surface area (TPSA) is 31.4 Å². The molecule has 3 nitrogen and oxygen atoms in total. The summed E-state index contributed by atoms with van der Waals surface area (Å²) in [6, 6.07) is 16.5. The van der Waals surface area contributed by atoms with Gasteiger partial charge in [-0.2, -0.15) is 0 Å². The highest BCUT2D eigenvalue weighted by Crippen LogP contribution is 2.30. The van der Waals surface area contributed by atoms with Crippen LogP contribution in [0.25, 0.3) is 22.0 Å². The van der Waals surface area contributed by atoms with Gasteiger partial charge >= 0.3 is 0 Å². The van der Waals surface area contributed by atoms with Crippen molar-refractivity contribution in [2.75, 3.05) is 14.2 Å². The lowest BCUT2D eigenvalue weighted by Gasteiger charge is -2.19. The van der Waals surface area contributed by atoms with Crippen molar-refractivity contribution in [2.24, 2.45) is 0 Å². The molecule has 0 spiro atoms. The van der Waals surface area contributed by atoms with Crippen molar-refractivity contribution >= 4 is 24.2 Å². The highest BCUT2D eigenvalue weighted by Gasteiger charge is 2.21. The van der Waals surface area contributed by atoms with E-state index < -0.39 is 8.07 Å². The standard InChI is InChI=1S/C20H23NO2Si/c1-22-16-8-6-14(7-9-16)20-18-11-10-17(23-2)12-15(18)13-19(21-20)24(3,4)5/h6-13H,1-5H3. The number of methoxy groups -OCH3 is 2. The van der Waals surface area contributed by atoms with Crippen LogP contribution >= 0.6 is 0 Å². The highest BCUT2D eigenvalue weighted by atomic mass is 28.3. The fourth-order valence-corrected chi connectivity index (χ4v) is 3.75. The van der Waals surface area contributed by atoms with E-state index in [1.807, 2.05) is 18.2 Å². The van der Waals surface area contributed by atoms with Crippen molar-refractivity contribution in [3.05, 3.63) is 48.5 Å². The second-order valence-corrected chi connectivity index (χ2v) is 11.9. The van der Waals surface area contributed by atoms with Crippen LogP contribution in [0.1, 0.15) is 0 Å². The molecule has 0 saturated carbocycles. The SMILES string of the molecule is COc1ccc(-c2nc([Si](C)(C)C)cc3cc(OC)ccc23)cc1. The minimum atomic E-state index is -1.54. The molecule has 3 rings (SSSR count). The average Bonchev–Trinajstić information content (AvgIpc) is 2.59. The Labute approximate surface area is 144 Å². The summed E-state index contributed by atoms with van der Waals surface area (Å²) in [5, 5.41) is 3.52. The molecule has 0 saturated heterocycles. The lowest BCUT2D eigenvalue weighted by atomic mass is 10.0. The fraction of sp³-hybridized carbons (Fsp3) is 0.250. The average molecular weight is 337 g/mol. The van der Waals surface area contributed by atoms with Crippen LogP contribution in [0, 0.1) is 0 Å². The van der Waals surface area contributed by atoms with Crippen molar-refractivity contribution in [3.63, 3.8) is 0 Å². The van der Waals surface area contributed by atoms with Crippen molar-refractivity contribution in [3.8, 4) is 22.8 Å². The van der Waals surface area contributed by atoms with Crippen LogP contribution < -0.4 is 14.8 Å². The van der Waals surface area contributed by atoms with E-state index in [9.17, 15) is 0 Å². The minimum Gasteiger partial charge on any atom is -0.497 e. The Morgan fingerprint density at radius 2 is 1.42 bits per heavy atom. The van der Waals surface area contributed by atoms with E-state index in [1.54, 1.807) is 14.2 Å². The zero-order chi connectivity index (χ0) is 17.3. The largest absolute Gasteiger partial charge is 0.497 e. The first-order chi connectivity index (χ1) is 11.4. The van der Waals surface area contributed by atoms with Crippen LogP contribution in [0.5, 0.6) is 11.5 Å². The first kappa shape index (κ1) is 16.5. The molecule has 0 amide bonds. The fourth-order valence-electron chi connectivity index (χ4n) is 2.72. The molecule has 0 aliphatic rings. The maximum absolute atomic E-state index is 5.40. The summed E-state index contributed by atoms with van der Waals surface area (Å²) < 4.78 is 10.7. The van der Waals surface area contributed by atoms with Gasteiger partial charge in [0.1, 0.15) is 19.6 Å². The van der Waals surface area contributed by atoms with Gasteiger partial charge in [0.05, 0.1) is 19.9 Å². The van der Waals surface area contributed by atoms with Crippen LogP contribution in [-0.2, 0) is 0 Å². The van der Waals surface area contributed by atoms with Crippen LogP contribution in [0.3, 0.4) is 0 Å². The lowest BCUT2D eigenvalue weighted by Crippen LogP contribution is -2.40. The van der Waals surface area contributed by atoms with Gasteiger partial charge in [-0.3, -0.25) is 4.98 Å². The third kappa shape index (κ3) is 3.15. The van der Waals surface area contributed by atoms with Gasteiger partial charge in [0.15, 0.2) is 0 Å². The number of pyridine rings is 1. The van der Waals surface area contributed by atoms with Gasteiger partial charge < -0.3 is 9.47 Å². The maximum Gasteiger partial charge on any atom is 0.119 e. The Morgan fingerprint density at radius 3 is 2.00 bits per heavy atom. The van der Waals surface area contributed by atoms with E-state index in [1.165, 1.54) is 10.7 Å². The number of hydrogen-bond acceptors (Lipinski definition) is 3. The van der Waals surface area contributed by atoms with Crippen molar-refractivity contribution < 1.29 is 9.47 Å². The van der Waals surface area contributed by atoms with Crippen LogP contribution in [0.15, 0.2) is 48.5 Å². The molecule has 0 aliphatic carbocycles. The summed E-state index contributed by atoms with van der Waals surface area (Å²) in [6.45, 7) is 6.96. The molecule has 3 aromatic rings. The van der Waals surface area contributed by atoms with Crippen LogP contribution in [0.4, 0.5) is 0 Å². The monoisotopic (exact) mass is 337 g/mol. The Kier molecular flexibility index (Phi) is 4.33. The molecule has 0 radical (unpaired) electrons. The summed E-state index contributed by atoms with van der Waals surface area (Å²) in [5.41, 5.74) is 2.13. The number of fused-ring (bicyclic) bond motifs is 1. The zero-order valence-corrected chi connectivity index (χ0v) is 15.9. The minimum absolute atomic E-state index is 0.853. The first-order valence-electron chi connectivity index (χ1n) is 8.06. The van der Waals surface area contributed by atoms with Gasteiger partial charge in [0.25, 0.3) is 0 Å². The first-order valence-corrected chi connectivity index (χ1v) is 11.6. The Balaban J connectivity index is 2.27. The molecular weight excluding hydrogens is 314 g/mol. The predicted octanol–water partition coefficient (Wildman–Crippen LogP) is 4.46. The highest BCUT2D eigenvalue weighted by molar-refractivity contribution is 6.88. The number of nitrogens with zero attached hydrogens (tertiary/aromatic N) is 1. The van der Waals surface area contributed by atoms with E-state index in [4.69, 9.17) is 14.5 Å². The summed E-state index contributed by atoms with van der Waals surface area (Å²) in [5.74, 6) is 1.72. The van der Waals surface area contributed by atoms with Gasteiger partial charge in [-0.05, 0) is 53.9 Å². The van der Waals surface area contributed by atoms with Gasteiger partial charge in [-0.15, -0.1) is 0 Å². The summed E-state index contributed by atoms with van der Waals surface area (Å²) in [6.07, 6.45) is 0. The molecule has 4 heteroatoms. The quantitative estimate of drug-likeness (QED) is 0.659. The second-order valence-electron chi connectivity index (χ2n) is 6.92. The molecule has 24 heavy (non-hydrogen) atoms. The van der Waals surface area contributed by atoms with E-state index in [2.05, 4.69) is 50.0 Å². The Hall–Kier alpha value is -2.33. The van der Waals surface area contributed by atoms with Gasteiger partial charge in [0, 0.05) is 16.3 Å². The summed E-state index contributed by atoms with van der Waals surface area (Å²) in [4.78, 5) is 5.03. The van der Waals surface area contributed by atoms with Crippen LogP contribution in [-0.4, -0.2) is 27.3 Å². The van der Waals surface area contributed by atoms with Gasteiger partial charge in [-0.1, -0.05) is 19.6 Å². The molecule has 0 aliphatic heterocycles. The third-order valence-electron chi connectivity index (χ3n) is 4.17. The number of hydrogen-bond donors (Lipinski definition) is 0. The number of ether oxygens (including phenoxy) is 2. The molecule has 0 unspecified atom stereocenters. The molecule has 2 aromatic carbocycles. The van der Waals surface area contributed by atoms with E-state index in [-0.39, 0.29) is 0 Å². The Bertz CT molecular complexity index is 867. The second kappa shape index (κ2) is 6.28. The molecule has 0 atom stereocenters. The molecule has 0 bridgehead atoms. The number of benzene rings is 2.